The van der Waals surface area contributed by atoms with Gasteiger partial charge in [-0.3, -0.25) is 0 Å². The highest BCUT2D eigenvalue weighted by molar-refractivity contribution is 9.11. The van der Waals surface area contributed by atoms with Crippen LogP contribution in [0.3, 0.4) is 0 Å². The Balaban J connectivity index is 2.19. The van der Waals surface area contributed by atoms with Crippen molar-refractivity contribution in [2.24, 2.45) is 0 Å². The van der Waals surface area contributed by atoms with Crippen LogP contribution in [0.15, 0.2) is 15.2 Å². The van der Waals surface area contributed by atoms with Crippen LogP contribution in [0.25, 0.3) is 0 Å². The second-order valence-corrected chi connectivity index (χ2v) is 5.67. The number of likely N-dealkylation sites (N-methyl/N-ethyl adjacent to an activating group) is 1. The van der Waals surface area contributed by atoms with Gasteiger partial charge in [-0.1, -0.05) is 5.92 Å². The first-order valence-electron chi connectivity index (χ1n) is 4.78. The van der Waals surface area contributed by atoms with E-state index in [1.165, 1.54) is 9.35 Å². The molecule has 0 aliphatic carbocycles. The van der Waals surface area contributed by atoms with Crippen LogP contribution in [-0.4, -0.2) is 31.6 Å². The monoisotopic (exact) mass is 286 g/mol. The summed E-state index contributed by atoms with van der Waals surface area (Å²) in [5.41, 5.74) is 1.35. The normalized spacial score (nSPS) is 10.5. The van der Waals surface area contributed by atoms with E-state index < -0.39 is 0 Å². The van der Waals surface area contributed by atoms with Crippen LogP contribution in [0.4, 0.5) is 0 Å². The second kappa shape index (κ2) is 7.02. The van der Waals surface area contributed by atoms with Gasteiger partial charge in [0.25, 0.3) is 0 Å². The van der Waals surface area contributed by atoms with Crippen molar-refractivity contribution in [3.05, 3.63) is 20.8 Å². The zero-order chi connectivity index (χ0) is 11.1. The predicted octanol–water partition coefficient (Wildman–Crippen LogP) is 2.17. The zero-order valence-corrected chi connectivity index (χ0v) is 11.2. The van der Waals surface area contributed by atoms with Gasteiger partial charge in [0.1, 0.15) is 0 Å². The van der Waals surface area contributed by atoms with Crippen molar-refractivity contribution in [1.29, 1.82) is 0 Å². The van der Waals surface area contributed by atoms with Crippen molar-refractivity contribution in [3.63, 3.8) is 0 Å². The molecule has 0 unspecified atom stereocenters. The summed E-state index contributed by atoms with van der Waals surface area (Å²) in [6, 6.07) is 2.16. The molecule has 1 aromatic heterocycles. The zero-order valence-electron chi connectivity index (χ0n) is 8.79. The molecule has 0 amide bonds. The van der Waals surface area contributed by atoms with Gasteiger partial charge in [0.2, 0.25) is 0 Å². The summed E-state index contributed by atoms with van der Waals surface area (Å²) in [6.07, 6.45) is 5.14. The van der Waals surface area contributed by atoms with Gasteiger partial charge in [0.05, 0.1) is 10.3 Å². The van der Waals surface area contributed by atoms with Gasteiger partial charge < -0.3 is 10.2 Å². The maximum atomic E-state index is 5.14. The molecule has 82 valence electrons. The van der Waals surface area contributed by atoms with Crippen LogP contribution in [0, 0.1) is 12.3 Å². The van der Waals surface area contributed by atoms with Crippen LogP contribution in [-0.2, 0) is 6.54 Å². The second-order valence-electron chi connectivity index (χ2n) is 3.38. The fourth-order valence-corrected chi connectivity index (χ4v) is 2.45. The lowest BCUT2D eigenvalue weighted by Crippen LogP contribution is -2.28. The third kappa shape index (κ3) is 5.33. The third-order valence-corrected chi connectivity index (χ3v) is 3.52. The standard InChI is InChI=1S/C11H15BrN2S/c1-3-4-13-5-6-14(2)8-10-7-11(12)15-9-10/h1,7,9,13H,4-6,8H2,2H3. The van der Waals surface area contributed by atoms with Gasteiger partial charge in [-0.25, -0.2) is 0 Å². The minimum Gasteiger partial charge on any atom is -0.305 e. The lowest BCUT2D eigenvalue weighted by Gasteiger charge is -2.15. The summed E-state index contributed by atoms with van der Waals surface area (Å²) >= 11 is 5.19. The van der Waals surface area contributed by atoms with Crippen LogP contribution in [0.1, 0.15) is 5.56 Å². The van der Waals surface area contributed by atoms with Crippen molar-refractivity contribution < 1.29 is 0 Å². The number of terminal acetylenes is 1. The molecule has 0 fully saturated rings. The highest BCUT2D eigenvalue weighted by Crippen LogP contribution is 2.21. The maximum absolute atomic E-state index is 5.14. The molecule has 2 nitrogen and oxygen atoms in total. The Hall–Kier alpha value is -0.340. The summed E-state index contributed by atoms with van der Waals surface area (Å²) < 4.78 is 1.19. The first kappa shape index (κ1) is 12.7. The lowest BCUT2D eigenvalue weighted by atomic mass is 10.3. The van der Waals surface area contributed by atoms with E-state index in [-0.39, 0.29) is 0 Å². The van der Waals surface area contributed by atoms with Crippen molar-refractivity contribution in [2.45, 2.75) is 6.54 Å². The molecule has 0 aromatic carbocycles. The Labute approximate surface area is 104 Å². The van der Waals surface area contributed by atoms with E-state index in [0.29, 0.717) is 6.54 Å². The fraction of sp³-hybridized carbons (Fsp3) is 0.455. The molecule has 0 saturated heterocycles. The Morgan fingerprint density at radius 2 is 2.47 bits per heavy atom. The molecule has 4 heteroatoms. The molecule has 1 N–H and O–H groups in total. The van der Waals surface area contributed by atoms with E-state index >= 15 is 0 Å². The molecule has 15 heavy (non-hydrogen) atoms. The number of halogens is 1. The molecule has 0 spiro atoms. The fourth-order valence-electron chi connectivity index (χ4n) is 1.25. The summed E-state index contributed by atoms with van der Waals surface area (Å²) in [6.45, 7) is 3.58. The first-order valence-corrected chi connectivity index (χ1v) is 6.45. The largest absolute Gasteiger partial charge is 0.305 e. The average Bonchev–Trinajstić information content (AvgIpc) is 2.59. The molecule has 1 heterocycles. The quantitative estimate of drug-likeness (QED) is 0.637. The number of rotatable bonds is 6. The topological polar surface area (TPSA) is 15.3 Å². The Morgan fingerprint density at radius 3 is 3.07 bits per heavy atom. The molecule has 0 aliphatic heterocycles. The van der Waals surface area contributed by atoms with Gasteiger partial charge in [-0.05, 0) is 40.0 Å². The molecule has 0 atom stereocenters. The molecule has 1 rings (SSSR count). The molecule has 0 bridgehead atoms. The van der Waals surface area contributed by atoms with E-state index in [1.807, 2.05) is 0 Å². The van der Waals surface area contributed by atoms with E-state index in [1.54, 1.807) is 11.3 Å². The molecule has 1 aromatic rings. The number of hydrogen-bond donors (Lipinski definition) is 1. The molecular weight excluding hydrogens is 272 g/mol. The van der Waals surface area contributed by atoms with Crippen molar-refractivity contribution in [1.82, 2.24) is 10.2 Å². The van der Waals surface area contributed by atoms with Gasteiger partial charge in [-0.15, -0.1) is 17.8 Å². The van der Waals surface area contributed by atoms with Gasteiger partial charge >= 0.3 is 0 Å². The summed E-state index contributed by atoms with van der Waals surface area (Å²) in [7, 11) is 2.11. The van der Waals surface area contributed by atoms with Crippen molar-refractivity contribution >= 4 is 27.3 Å². The summed E-state index contributed by atoms with van der Waals surface area (Å²) in [5, 5.41) is 5.35. The van der Waals surface area contributed by atoms with Crippen LogP contribution < -0.4 is 5.32 Å². The summed E-state index contributed by atoms with van der Waals surface area (Å²) in [5.74, 6) is 2.56. The molecule has 0 aliphatic rings. The molecular formula is C11H15BrN2S. The highest BCUT2D eigenvalue weighted by Gasteiger charge is 2.01. The predicted molar refractivity (Wildman–Crippen MR) is 70.1 cm³/mol. The minimum atomic E-state index is 0.651. The molecule has 0 saturated carbocycles. The number of nitrogens with zero attached hydrogens (tertiary/aromatic N) is 1. The van der Waals surface area contributed by atoms with E-state index in [0.717, 1.165) is 19.6 Å². The SMILES string of the molecule is C#CCNCCN(C)Cc1csc(Br)c1. The van der Waals surface area contributed by atoms with Crippen LogP contribution in [0.5, 0.6) is 0 Å². The van der Waals surface area contributed by atoms with Gasteiger partial charge in [-0.2, -0.15) is 0 Å². The maximum Gasteiger partial charge on any atom is 0.0701 e. The van der Waals surface area contributed by atoms with Crippen LogP contribution >= 0.6 is 27.3 Å². The van der Waals surface area contributed by atoms with Crippen LogP contribution in [0.2, 0.25) is 0 Å². The Bertz CT molecular complexity index is 330. The Morgan fingerprint density at radius 1 is 1.67 bits per heavy atom. The van der Waals surface area contributed by atoms with Gasteiger partial charge in [0, 0.05) is 19.6 Å². The van der Waals surface area contributed by atoms with Gasteiger partial charge in [0.15, 0.2) is 0 Å². The first-order chi connectivity index (χ1) is 7.22. The van der Waals surface area contributed by atoms with Crippen molar-refractivity contribution in [2.75, 3.05) is 26.7 Å². The number of thiophene rings is 1. The van der Waals surface area contributed by atoms with E-state index in [2.05, 4.69) is 50.6 Å². The minimum absolute atomic E-state index is 0.651. The van der Waals surface area contributed by atoms with E-state index in [9.17, 15) is 0 Å². The number of nitrogens with one attached hydrogen (secondary N) is 1. The lowest BCUT2D eigenvalue weighted by molar-refractivity contribution is 0.327. The van der Waals surface area contributed by atoms with Crippen molar-refractivity contribution in [3.8, 4) is 12.3 Å². The Kier molecular flexibility index (Phi) is 5.96. The third-order valence-electron chi connectivity index (χ3n) is 1.97. The molecule has 0 radical (unpaired) electrons. The number of hydrogen-bond acceptors (Lipinski definition) is 3. The highest BCUT2D eigenvalue weighted by atomic mass is 79.9. The smallest absolute Gasteiger partial charge is 0.0701 e. The average molecular weight is 287 g/mol. The summed E-state index contributed by atoms with van der Waals surface area (Å²) in [4.78, 5) is 2.28. The van der Waals surface area contributed by atoms with E-state index in [4.69, 9.17) is 6.42 Å².